The fraction of sp³-hybridized carbons (Fsp3) is 0.500. The minimum atomic E-state index is -3.38. The van der Waals surface area contributed by atoms with E-state index in [9.17, 15) is 8.42 Å². The molecule has 0 bridgehead atoms. The lowest BCUT2D eigenvalue weighted by molar-refractivity contribution is 0.417. The maximum Gasteiger partial charge on any atom is 0.232 e. The van der Waals surface area contributed by atoms with Crippen LogP contribution in [0.2, 0.25) is 0 Å². The molecule has 0 aliphatic heterocycles. The van der Waals surface area contributed by atoms with Crippen molar-refractivity contribution in [1.29, 1.82) is 0 Å². The number of aryl methyl sites for hydroxylation is 1. The molecule has 0 aromatic heterocycles. The second-order valence-electron chi connectivity index (χ2n) is 4.32. The summed E-state index contributed by atoms with van der Waals surface area (Å²) < 4.78 is 21.9. The predicted molar refractivity (Wildman–Crippen MR) is 66.4 cm³/mol. The van der Waals surface area contributed by atoms with Crippen molar-refractivity contribution in [3.63, 3.8) is 0 Å². The van der Waals surface area contributed by atoms with Crippen LogP contribution in [0.4, 0.5) is 0 Å². The van der Waals surface area contributed by atoms with Crippen LogP contribution in [0.25, 0.3) is 0 Å². The van der Waals surface area contributed by atoms with Gasteiger partial charge in [0.25, 0.3) is 0 Å². The van der Waals surface area contributed by atoms with E-state index in [-0.39, 0.29) is 5.75 Å². The van der Waals surface area contributed by atoms with Crippen molar-refractivity contribution in [2.24, 2.45) is 0 Å². The minimum Gasteiger partial charge on any atom is -0.212 e. The molecular formula is C12H15ClO2S. The average molecular weight is 259 g/mol. The molecule has 0 amide bonds. The molecule has 0 spiro atoms. The second kappa shape index (κ2) is 4.76. The molecule has 0 unspecified atom stereocenters. The zero-order valence-corrected chi connectivity index (χ0v) is 10.6. The van der Waals surface area contributed by atoms with Crippen LogP contribution < -0.4 is 0 Å². The van der Waals surface area contributed by atoms with Gasteiger partial charge in [-0.1, -0.05) is 30.7 Å². The van der Waals surface area contributed by atoms with Crippen molar-refractivity contribution in [2.45, 2.75) is 31.6 Å². The Hall–Kier alpha value is -0.540. The third-order valence-electron chi connectivity index (χ3n) is 3.22. The van der Waals surface area contributed by atoms with Gasteiger partial charge in [0, 0.05) is 10.7 Å². The van der Waals surface area contributed by atoms with Crippen molar-refractivity contribution in [1.82, 2.24) is 0 Å². The van der Waals surface area contributed by atoms with Crippen LogP contribution >= 0.6 is 10.7 Å². The van der Waals surface area contributed by atoms with Crippen molar-refractivity contribution < 1.29 is 8.42 Å². The van der Waals surface area contributed by atoms with Gasteiger partial charge in [-0.2, -0.15) is 0 Å². The lowest BCUT2D eigenvalue weighted by Gasteiger charge is -2.27. The highest BCUT2D eigenvalue weighted by molar-refractivity contribution is 8.13. The van der Waals surface area contributed by atoms with Crippen molar-refractivity contribution in [3.05, 3.63) is 35.4 Å². The number of hydrogen-bond acceptors (Lipinski definition) is 2. The molecule has 1 saturated carbocycles. The van der Waals surface area contributed by atoms with E-state index in [0.717, 1.165) is 5.56 Å². The van der Waals surface area contributed by atoms with Crippen molar-refractivity contribution in [2.75, 3.05) is 5.75 Å². The SMILES string of the molecule is O=S(=O)(Cl)CCc1ccccc1C1CCC1. The molecular weight excluding hydrogens is 244 g/mol. The summed E-state index contributed by atoms with van der Waals surface area (Å²) in [6.07, 6.45) is 4.26. The third kappa shape index (κ3) is 2.98. The molecule has 0 atom stereocenters. The topological polar surface area (TPSA) is 34.1 Å². The lowest BCUT2D eigenvalue weighted by Crippen LogP contribution is -2.12. The quantitative estimate of drug-likeness (QED) is 0.778. The van der Waals surface area contributed by atoms with E-state index < -0.39 is 9.05 Å². The van der Waals surface area contributed by atoms with E-state index in [1.54, 1.807) is 0 Å². The first-order valence-corrected chi connectivity index (χ1v) is 8.04. The Labute approximate surface area is 101 Å². The van der Waals surface area contributed by atoms with Gasteiger partial charge < -0.3 is 0 Å². The highest BCUT2D eigenvalue weighted by Crippen LogP contribution is 2.38. The summed E-state index contributed by atoms with van der Waals surface area (Å²) in [6, 6.07) is 8.10. The van der Waals surface area contributed by atoms with Crippen LogP contribution in [-0.2, 0) is 15.5 Å². The molecule has 0 heterocycles. The van der Waals surface area contributed by atoms with E-state index >= 15 is 0 Å². The highest BCUT2D eigenvalue weighted by Gasteiger charge is 2.22. The largest absolute Gasteiger partial charge is 0.232 e. The van der Waals surface area contributed by atoms with Crippen molar-refractivity contribution >= 4 is 19.7 Å². The molecule has 0 N–H and O–H groups in total. The summed E-state index contributed by atoms with van der Waals surface area (Å²) in [7, 11) is 1.85. The van der Waals surface area contributed by atoms with Crippen LogP contribution in [0.15, 0.2) is 24.3 Å². The second-order valence-corrected chi connectivity index (χ2v) is 7.22. The molecule has 0 saturated heterocycles. The van der Waals surface area contributed by atoms with Gasteiger partial charge in [0.2, 0.25) is 9.05 Å². The van der Waals surface area contributed by atoms with E-state index in [2.05, 4.69) is 6.07 Å². The maximum absolute atomic E-state index is 10.9. The highest BCUT2D eigenvalue weighted by atomic mass is 35.7. The number of rotatable bonds is 4. The Morgan fingerprint density at radius 2 is 1.94 bits per heavy atom. The zero-order chi connectivity index (χ0) is 11.6. The van der Waals surface area contributed by atoms with E-state index in [4.69, 9.17) is 10.7 Å². The van der Waals surface area contributed by atoms with E-state index in [1.165, 1.54) is 24.8 Å². The van der Waals surface area contributed by atoms with Gasteiger partial charge >= 0.3 is 0 Å². The fourth-order valence-corrected chi connectivity index (χ4v) is 2.81. The number of benzene rings is 1. The molecule has 1 fully saturated rings. The Kier molecular flexibility index (Phi) is 3.55. The van der Waals surface area contributed by atoms with Gasteiger partial charge in [-0.3, -0.25) is 0 Å². The molecule has 2 nitrogen and oxygen atoms in total. The van der Waals surface area contributed by atoms with Crippen molar-refractivity contribution in [3.8, 4) is 0 Å². The van der Waals surface area contributed by atoms with Crippen LogP contribution in [0, 0.1) is 0 Å². The molecule has 1 aliphatic rings. The summed E-state index contributed by atoms with van der Waals surface area (Å²) in [5.74, 6) is 0.660. The smallest absolute Gasteiger partial charge is 0.212 e. The molecule has 88 valence electrons. The number of halogens is 1. The maximum atomic E-state index is 10.9. The summed E-state index contributed by atoms with van der Waals surface area (Å²) in [5.41, 5.74) is 2.45. The van der Waals surface area contributed by atoms with Crippen LogP contribution in [-0.4, -0.2) is 14.2 Å². The first-order chi connectivity index (χ1) is 7.56. The predicted octanol–water partition coefficient (Wildman–Crippen LogP) is 3.07. The van der Waals surface area contributed by atoms with Crippen LogP contribution in [0.1, 0.15) is 36.3 Å². The number of hydrogen-bond donors (Lipinski definition) is 0. The Balaban J connectivity index is 2.13. The van der Waals surface area contributed by atoms with E-state index in [0.29, 0.717) is 12.3 Å². The summed E-state index contributed by atoms with van der Waals surface area (Å²) in [5, 5.41) is 0. The first kappa shape index (κ1) is 11.9. The lowest BCUT2D eigenvalue weighted by atomic mass is 9.78. The molecule has 4 heteroatoms. The van der Waals surface area contributed by atoms with Gasteiger partial charge in [-0.15, -0.1) is 0 Å². The Morgan fingerprint density at radius 3 is 2.50 bits per heavy atom. The minimum absolute atomic E-state index is 0.0261. The monoisotopic (exact) mass is 258 g/mol. The molecule has 1 aromatic carbocycles. The Morgan fingerprint density at radius 1 is 1.25 bits per heavy atom. The summed E-state index contributed by atoms with van der Waals surface area (Å²) >= 11 is 0. The molecule has 0 radical (unpaired) electrons. The van der Waals surface area contributed by atoms with Gasteiger partial charge in [-0.25, -0.2) is 8.42 Å². The fourth-order valence-electron chi connectivity index (χ4n) is 2.11. The van der Waals surface area contributed by atoms with Gasteiger partial charge in [0.1, 0.15) is 0 Å². The van der Waals surface area contributed by atoms with E-state index in [1.807, 2.05) is 18.2 Å². The molecule has 16 heavy (non-hydrogen) atoms. The van der Waals surface area contributed by atoms with Crippen LogP contribution in [0.3, 0.4) is 0 Å². The first-order valence-electron chi connectivity index (χ1n) is 5.56. The summed E-state index contributed by atoms with van der Waals surface area (Å²) in [4.78, 5) is 0. The normalized spacial score (nSPS) is 17.1. The zero-order valence-electron chi connectivity index (χ0n) is 9.02. The van der Waals surface area contributed by atoms with Crippen LogP contribution in [0.5, 0.6) is 0 Å². The van der Waals surface area contributed by atoms with Gasteiger partial charge in [-0.05, 0) is 36.3 Å². The van der Waals surface area contributed by atoms with Gasteiger partial charge in [0.05, 0.1) is 5.75 Å². The molecule has 2 rings (SSSR count). The van der Waals surface area contributed by atoms with Gasteiger partial charge in [0.15, 0.2) is 0 Å². The average Bonchev–Trinajstić information content (AvgIpc) is 2.12. The molecule has 1 aliphatic carbocycles. The standard InChI is InChI=1S/C12H15ClO2S/c13-16(14,15)9-8-11-4-1-2-7-12(11)10-5-3-6-10/h1-2,4,7,10H,3,5-6,8-9H2. The third-order valence-corrected chi connectivity index (χ3v) is 4.37. The summed E-state index contributed by atoms with van der Waals surface area (Å²) in [6.45, 7) is 0. The Bertz CT molecular complexity index is 464. The molecule has 1 aromatic rings.